The monoisotopic (exact) mass is 314 g/mol. The number of carbonyl (C=O) groups excluding carboxylic acids is 1. The summed E-state index contributed by atoms with van der Waals surface area (Å²) >= 11 is 1.39. The number of thioether (sulfide) groups is 1. The van der Waals surface area contributed by atoms with Crippen LogP contribution in [0.25, 0.3) is 0 Å². The minimum absolute atomic E-state index is 0.0308. The van der Waals surface area contributed by atoms with Crippen LogP contribution in [-0.2, 0) is 11.3 Å². The van der Waals surface area contributed by atoms with Gasteiger partial charge in [-0.3, -0.25) is 4.79 Å². The van der Waals surface area contributed by atoms with E-state index in [1.54, 1.807) is 4.68 Å². The van der Waals surface area contributed by atoms with E-state index in [1.807, 2.05) is 6.92 Å². The van der Waals surface area contributed by atoms with Gasteiger partial charge in [-0.1, -0.05) is 39.0 Å². The van der Waals surface area contributed by atoms with E-state index in [1.165, 1.54) is 11.8 Å². The Morgan fingerprint density at radius 3 is 2.76 bits per heavy atom. The summed E-state index contributed by atoms with van der Waals surface area (Å²) in [5.74, 6) is 0.0308. The third-order valence-electron chi connectivity index (χ3n) is 2.86. The first-order valence-corrected chi connectivity index (χ1v) is 8.36. The first-order chi connectivity index (χ1) is 10.0. The molecule has 0 aliphatic rings. The summed E-state index contributed by atoms with van der Waals surface area (Å²) in [7, 11) is 0. The molecule has 2 N–H and O–H groups in total. The van der Waals surface area contributed by atoms with Gasteiger partial charge in [-0.25, -0.2) is 4.68 Å². The third-order valence-corrected chi connectivity index (χ3v) is 3.93. The van der Waals surface area contributed by atoms with Crippen molar-refractivity contribution in [3.63, 3.8) is 0 Å². The van der Waals surface area contributed by atoms with Gasteiger partial charge in [-0.05, 0) is 23.8 Å². The molecule has 120 valence electrons. The number of aromatic nitrogens is 4. The van der Waals surface area contributed by atoms with E-state index in [9.17, 15) is 4.79 Å². The summed E-state index contributed by atoms with van der Waals surface area (Å²) in [5, 5.41) is 18.4. The number of unbranched alkanes of at least 4 members (excludes halogenated alkanes) is 1. The van der Waals surface area contributed by atoms with Gasteiger partial charge in [-0.15, -0.1) is 5.10 Å². The third kappa shape index (κ3) is 6.90. The molecule has 0 fully saturated rings. The molecule has 0 radical (unpaired) electrons. The van der Waals surface area contributed by atoms with E-state index in [-0.39, 0.29) is 11.2 Å². The van der Waals surface area contributed by atoms with Crippen LogP contribution in [0.3, 0.4) is 0 Å². The van der Waals surface area contributed by atoms with E-state index < -0.39 is 0 Å². The van der Waals surface area contributed by atoms with Crippen LogP contribution in [0.5, 0.6) is 0 Å². The van der Waals surface area contributed by atoms with E-state index in [2.05, 4.69) is 46.9 Å². The molecule has 1 rings (SSSR count). The summed E-state index contributed by atoms with van der Waals surface area (Å²) in [6, 6.07) is 0.431. The minimum atomic E-state index is -0.204. The summed E-state index contributed by atoms with van der Waals surface area (Å²) in [4.78, 5) is 11.9. The Morgan fingerprint density at radius 2 is 2.10 bits per heavy atom. The quantitative estimate of drug-likeness (QED) is 0.496. The van der Waals surface area contributed by atoms with Gasteiger partial charge >= 0.3 is 0 Å². The van der Waals surface area contributed by atoms with Crippen LogP contribution in [0.15, 0.2) is 5.16 Å². The fraction of sp³-hybridized carbons (Fsp3) is 0.846. The molecule has 1 atom stereocenters. The summed E-state index contributed by atoms with van der Waals surface area (Å²) in [5.41, 5.74) is 0. The lowest BCUT2D eigenvalue weighted by molar-refractivity contribution is -0.120. The van der Waals surface area contributed by atoms with Crippen LogP contribution in [-0.4, -0.2) is 50.5 Å². The lowest BCUT2D eigenvalue weighted by atomic mass is 10.3. The number of hydrogen-bond donors (Lipinski definition) is 2. The van der Waals surface area contributed by atoms with Gasteiger partial charge in [0.25, 0.3) is 0 Å². The molecule has 0 bridgehead atoms. The van der Waals surface area contributed by atoms with Gasteiger partial charge in [0, 0.05) is 19.1 Å². The van der Waals surface area contributed by atoms with E-state index in [0.29, 0.717) is 17.7 Å². The second-order valence-electron chi connectivity index (χ2n) is 5.20. The highest BCUT2D eigenvalue weighted by Gasteiger charge is 2.17. The molecule has 8 heteroatoms. The van der Waals surface area contributed by atoms with Crippen LogP contribution in [0, 0.1) is 0 Å². The zero-order chi connectivity index (χ0) is 15.7. The number of nitrogens with one attached hydrogen (secondary N) is 2. The predicted octanol–water partition coefficient (Wildman–Crippen LogP) is 1.07. The highest BCUT2D eigenvalue weighted by molar-refractivity contribution is 8.00. The Balaban J connectivity index is 2.43. The number of hydrogen-bond acceptors (Lipinski definition) is 6. The predicted molar refractivity (Wildman–Crippen MR) is 84.2 cm³/mol. The highest BCUT2D eigenvalue weighted by Crippen LogP contribution is 2.19. The van der Waals surface area contributed by atoms with Gasteiger partial charge in [-0.2, -0.15) is 0 Å². The van der Waals surface area contributed by atoms with Crippen LogP contribution in [0.2, 0.25) is 0 Å². The van der Waals surface area contributed by atoms with Crippen molar-refractivity contribution in [2.45, 2.75) is 63.5 Å². The van der Waals surface area contributed by atoms with Gasteiger partial charge < -0.3 is 10.6 Å². The maximum atomic E-state index is 11.9. The number of tetrazole rings is 1. The van der Waals surface area contributed by atoms with Crippen molar-refractivity contribution in [2.75, 3.05) is 13.1 Å². The average molecular weight is 314 g/mol. The zero-order valence-electron chi connectivity index (χ0n) is 13.3. The van der Waals surface area contributed by atoms with Crippen LogP contribution < -0.4 is 10.6 Å². The molecule has 0 spiro atoms. The normalized spacial score (nSPS) is 12.6. The van der Waals surface area contributed by atoms with Crippen LogP contribution in [0.1, 0.15) is 40.5 Å². The molecule has 1 amide bonds. The molecule has 21 heavy (non-hydrogen) atoms. The van der Waals surface area contributed by atoms with Crippen LogP contribution >= 0.6 is 11.8 Å². The number of rotatable bonds is 10. The Bertz CT molecular complexity index is 423. The molecule has 1 unspecified atom stereocenters. The Labute approximate surface area is 130 Å². The van der Waals surface area contributed by atoms with E-state index >= 15 is 0 Å². The van der Waals surface area contributed by atoms with Crippen molar-refractivity contribution in [1.29, 1.82) is 0 Å². The highest BCUT2D eigenvalue weighted by atomic mass is 32.2. The first kappa shape index (κ1) is 17.9. The number of amides is 1. The SMILES string of the molecule is CCCCNC(=O)C(C)Sc1nnnn1CCNC(C)C. The van der Waals surface area contributed by atoms with Crippen LogP contribution in [0.4, 0.5) is 0 Å². The lowest BCUT2D eigenvalue weighted by Crippen LogP contribution is -2.32. The van der Waals surface area contributed by atoms with Crippen molar-refractivity contribution in [3.8, 4) is 0 Å². The average Bonchev–Trinajstić information content (AvgIpc) is 2.86. The summed E-state index contributed by atoms with van der Waals surface area (Å²) < 4.78 is 1.73. The molecular weight excluding hydrogens is 288 g/mol. The van der Waals surface area contributed by atoms with Crippen molar-refractivity contribution in [2.24, 2.45) is 0 Å². The lowest BCUT2D eigenvalue weighted by Gasteiger charge is -2.12. The maximum Gasteiger partial charge on any atom is 0.233 e. The second kappa shape index (κ2) is 9.73. The first-order valence-electron chi connectivity index (χ1n) is 7.48. The molecule has 0 saturated heterocycles. The number of carbonyl (C=O) groups is 1. The fourth-order valence-corrected chi connectivity index (χ4v) is 2.46. The largest absolute Gasteiger partial charge is 0.355 e. The standard InChI is InChI=1S/C13H26N6OS/c1-5-6-7-15-12(20)11(4)21-13-16-17-18-19(13)9-8-14-10(2)3/h10-11,14H,5-9H2,1-4H3,(H,15,20). The van der Waals surface area contributed by atoms with Crippen molar-refractivity contribution < 1.29 is 4.79 Å². The molecule has 0 aromatic carbocycles. The van der Waals surface area contributed by atoms with Crippen molar-refractivity contribution >= 4 is 17.7 Å². The Kier molecular flexibility index (Phi) is 8.29. The van der Waals surface area contributed by atoms with Gasteiger partial charge in [0.15, 0.2) is 0 Å². The molecule has 7 nitrogen and oxygen atoms in total. The molecule has 0 aliphatic carbocycles. The molecule has 0 saturated carbocycles. The fourth-order valence-electron chi connectivity index (χ4n) is 1.62. The van der Waals surface area contributed by atoms with Gasteiger partial charge in [0.2, 0.25) is 11.1 Å². The molecule has 0 aliphatic heterocycles. The van der Waals surface area contributed by atoms with Gasteiger partial charge in [0.1, 0.15) is 0 Å². The second-order valence-corrected chi connectivity index (χ2v) is 6.51. The molecular formula is C13H26N6OS. The Morgan fingerprint density at radius 1 is 1.33 bits per heavy atom. The molecule has 1 heterocycles. The maximum absolute atomic E-state index is 11.9. The zero-order valence-corrected chi connectivity index (χ0v) is 14.1. The van der Waals surface area contributed by atoms with Crippen molar-refractivity contribution in [1.82, 2.24) is 30.8 Å². The molecule has 1 aromatic rings. The summed E-state index contributed by atoms with van der Waals surface area (Å²) in [6.07, 6.45) is 2.07. The topological polar surface area (TPSA) is 84.7 Å². The minimum Gasteiger partial charge on any atom is -0.355 e. The Hall–Kier alpha value is -1.15. The van der Waals surface area contributed by atoms with Gasteiger partial charge in [0.05, 0.1) is 11.8 Å². The smallest absolute Gasteiger partial charge is 0.233 e. The number of nitrogens with zero attached hydrogens (tertiary/aromatic N) is 4. The van der Waals surface area contributed by atoms with Crippen molar-refractivity contribution in [3.05, 3.63) is 0 Å². The van der Waals surface area contributed by atoms with E-state index in [4.69, 9.17) is 0 Å². The molecule has 1 aromatic heterocycles. The van der Waals surface area contributed by atoms with E-state index in [0.717, 1.165) is 25.9 Å². The summed E-state index contributed by atoms with van der Waals surface area (Å²) in [6.45, 7) is 10.4.